The average Bonchev–Trinajstić information content (AvgIpc) is 2.87. The normalized spacial score (nSPS) is 11.0. The van der Waals surface area contributed by atoms with Crippen LogP contribution in [0.25, 0.3) is 22.6 Å². The smallest absolute Gasteiger partial charge is 0.351 e. The Bertz CT molecular complexity index is 1510. The summed E-state index contributed by atoms with van der Waals surface area (Å²) < 4.78 is 21.4. The van der Waals surface area contributed by atoms with Gasteiger partial charge in [0.15, 0.2) is 11.5 Å². The number of rotatable bonds is 6. The first-order chi connectivity index (χ1) is 16.5. The lowest BCUT2D eigenvalue weighted by Gasteiger charge is -2.11. The monoisotopic (exact) mass is 453 g/mol. The van der Waals surface area contributed by atoms with Crippen LogP contribution in [-0.4, -0.2) is 20.2 Å². The summed E-state index contributed by atoms with van der Waals surface area (Å²) in [7, 11) is 2.96. The zero-order valence-electron chi connectivity index (χ0n) is 18.4. The minimum atomic E-state index is -0.868. The maximum atomic E-state index is 12.7. The molecule has 34 heavy (non-hydrogen) atoms. The number of carbonyl (C=O) groups excluding carboxylic acids is 1. The van der Waals surface area contributed by atoms with E-state index in [-0.39, 0.29) is 17.1 Å². The van der Waals surface area contributed by atoms with Gasteiger partial charge in [-0.05, 0) is 48.0 Å². The van der Waals surface area contributed by atoms with Crippen molar-refractivity contribution >= 4 is 28.6 Å². The molecule has 0 aliphatic carbocycles. The molecule has 0 N–H and O–H groups in total. The molecule has 3 aromatic carbocycles. The van der Waals surface area contributed by atoms with Gasteiger partial charge in [-0.2, -0.15) is 5.26 Å². The van der Waals surface area contributed by atoms with Crippen LogP contribution in [0.2, 0.25) is 0 Å². The predicted molar refractivity (Wildman–Crippen MR) is 127 cm³/mol. The van der Waals surface area contributed by atoms with Crippen molar-refractivity contribution in [3.63, 3.8) is 0 Å². The van der Waals surface area contributed by atoms with Crippen molar-refractivity contribution in [2.24, 2.45) is 0 Å². The third-order valence-electron chi connectivity index (χ3n) is 5.08. The summed E-state index contributed by atoms with van der Waals surface area (Å²) in [5.74, 6) is 0.0764. The van der Waals surface area contributed by atoms with Crippen molar-refractivity contribution in [2.75, 3.05) is 14.2 Å². The number of carbonyl (C=O) groups is 1. The van der Waals surface area contributed by atoms with Crippen LogP contribution in [0.3, 0.4) is 0 Å². The van der Waals surface area contributed by atoms with E-state index in [0.717, 1.165) is 0 Å². The summed E-state index contributed by atoms with van der Waals surface area (Å²) in [5.41, 5.74) is 1.03. The largest absolute Gasteiger partial charge is 0.496 e. The number of methoxy groups -OCH3 is 2. The van der Waals surface area contributed by atoms with Gasteiger partial charge in [-0.1, -0.05) is 36.4 Å². The number of nitriles is 1. The summed E-state index contributed by atoms with van der Waals surface area (Å²) in [6.07, 6.45) is 1.67. The molecular weight excluding hydrogens is 434 g/mol. The third-order valence-corrected chi connectivity index (χ3v) is 5.08. The van der Waals surface area contributed by atoms with Gasteiger partial charge in [-0.3, -0.25) is 0 Å². The first kappa shape index (κ1) is 22.4. The highest BCUT2D eigenvalue weighted by molar-refractivity contribution is 5.95. The molecule has 0 aliphatic heterocycles. The summed E-state index contributed by atoms with van der Waals surface area (Å²) in [6, 6.07) is 22.5. The number of hydrogen-bond donors (Lipinski definition) is 0. The molecular formula is C27H19NO6. The molecule has 0 radical (unpaired) electrons. The van der Waals surface area contributed by atoms with Gasteiger partial charge in [0.25, 0.3) is 0 Å². The molecule has 0 atom stereocenters. The lowest BCUT2D eigenvalue weighted by molar-refractivity contribution is 0.0725. The summed E-state index contributed by atoms with van der Waals surface area (Å²) >= 11 is 0. The highest BCUT2D eigenvalue weighted by Crippen LogP contribution is 2.32. The number of allylic oxidation sites excluding steroid dienone is 1. The number of fused-ring (bicyclic) bond motifs is 1. The van der Waals surface area contributed by atoms with Crippen LogP contribution >= 0.6 is 0 Å². The first-order valence-electron chi connectivity index (χ1n) is 10.2. The molecule has 7 nitrogen and oxygen atoms in total. The number of esters is 1. The molecule has 0 spiro atoms. The Morgan fingerprint density at radius 1 is 0.882 bits per heavy atom. The van der Waals surface area contributed by atoms with Crippen LogP contribution in [0, 0.1) is 11.3 Å². The molecule has 0 fully saturated rings. The highest BCUT2D eigenvalue weighted by Gasteiger charge is 2.18. The molecule has 0 aliphatic rings. The number of hydrogen-bond acceptors (Lipinski definition) is 7. The molecule has 168 valence electrons. The Morgan fingerprint density at radius 3 is 2.38 bits per heavy atom. The molecule has 4 aromatic rings. The molecule has 0 amide bonds. The van der Waals surface area contributed by atoms with Crippen molar-refractivity contribution in [3.05, 3.63) is 99.9 Å². The Kier molecular flexibility index (Phi) is 6.42. The SMILES string of the molecule is COc1cc(/C=C(/C#N)c2ccccc2OC)ccc1OC(=O)c1cc2ccccc2oc1=O. The van der Waals surface area contributed by atoms with E-state index < -0.39 is 11.6 Å². The highest BCUT2D eigenvalue weighted by atomic mass is 16.6. The first-order valence-corrected chi connectivity index (χ1v) is 10.2. The van der Waals surface area contributed by atoms with Crippen LogP contribution in [0.5, 0.6) is 17.2 Å². The van der Waals surface area contributed by atoms with Gasteiger partial charge in [0, 0.05) is 10.9 Å². The Hall–Kier alpha value is -4.83. The van der Waals surface area contributed by atoms with E-state index in [1.807, 2.05) is 12.1 Å². The maximum Gasteiger partial charge on any atom is 0.351 e. The molecule has 1 heterocycles. The van der Waals surface area contributed by atoms with Crippen molar-refractivity contribution in [1.82, 2.24) is 0 Å². The van der Waals surface area contributed by atoms with E-state index >= 15 is 0 Å². The van der Waals surface area contributed by atoms with E-state index in [9.17, 15) is 14.9 Å². The molecule has 0 saturated heterocycles. The van der Waals surface area contributed by atoms with Crippen molar-refractivity contribution in [2.45, 2.75) is 0 Å². The molecule has 0 unspecified atom stereocenters. The van der Waals surface area contributed by atoms with E-state index in [2.05, 4.69) is 6.07 Å². The molecule has 4 rings (SSSR count). The van der Waals surface area contributed by atoms with Crippen molar-refractivity contribution < 1.29 is 23.4 Å². The van der Waals surface area contributed by atoms with Crippen LogP contribution < -0.4 is 19.8 Å². The average molecular weight is 453 g/mol. The molecule has 0 bridgehead atoms. The minimum absolute atomic E-state index is 0.119. The molecule has 7 heteroatoms. The van der Waals surface area contributed by atoms with Gasteiger partial charge < -0.3 is 18.6 Å². The fraction of sp³-hybridized carbons (Fsp3) is 0.0741. The van der Waals surface area contributed by atoms with E-state index in [4.69, 9.17) is 18.6 Å². The minimum Gasteiger partial charge on any atom is -0.496 e. The second kappa shape index (κ2) is 9.76. The van der Waals surface area contributed by atoms with Crippen LogP contribution in [0.1, 0.15) is 21.5 Å². The van der Waals surface area contributed by atoms with Gasteiger partial charge in [0.1, 0.15) is 16.9 Å². The van der Waals surface area contributed by atoms with E-state index in [0.29, 0.717) is 33.4 Å². The predicted octanol–water partition coefficient (Wildman–Crippen LogP) is 5.09. The second-order valence-corrected chi connectivity index (χ2v) is 7.16. The second-order valence-electron chi connectivity index (χ2n) is 7.16. The maximum absolute atomic E-state index is 12.7. The van der Waals surface area contributed by atoms with Crippen molar-refractivity contribution in [3.8, 4) is 23.3 Å². The number of benzene rings is 3. The zero-order valence-corrected chi connectivity index (χ0v) is 18.4. The number of nitrogens with zero attached hydrogens (tertiary/aromatic N) is 1. The third kappa shape index (κ3) is 4.52. The van der Waals surface area contributed by atoms with Crippen LogP contribution in [0.4, 0.5) is 0 Å². The summed E-state index contributed by atoms with van der Waals surface area (Å²) in [4.78, 5) is 25.0. The van der Waals surface area contributed by atoms with Gasteiger partial charge in [0.05, 0.1) is 25.9 Å². The fourth-order valence-corrected chi connectivity index (χ4v) is 3.42. The lowest BCUT2D eigenvalue weighted by atomic mass is 10.0. The topological polar surface area (TPSA) is 98.8 Å². The summed E-state index contributed by atoms with van der Waals surface area (Å²) in [5, 5.41) is 10.3. The van der Waals surface area contributed by atoms with Gasteiger partial charge >= 0.3 is 11.6 Å². The van der Waals surface area contributed by atoms with Gasteiger partial charge in [0.2, 0.25) is 0 Å². The Balaban J connectivity index is 1.65. The quantitative estimate of drug-likeness (QED) is 0.132. The zero-order chi connectivity index (χ0) is 24.1. The lowest BCUT2D eigenvalue weighted by Crippen LogP contribution is -2.19. The molecule has 1 aromatic heterocycles. The van der Waals surface area contributed by atoms with Gasteiger partial charge in [-0.25, -0.2) is 9.59 Å². The van der Waals surface area contributed by atoms with Crippen LogP contribution in [0.15, 0.2) is 82.0 Å². The Labute approximate surface area is 195 Å². The van der Waals surface area contributed by atoms with E-state index in [1.54, 1.807) is 54.6 Å². The standard InChI is InChI=1S/C27H19NO6/c1-31-23-10-6-4-8-20(23)19(16-28)13-17-11-12-24(25(14-17)32-2)34-27(30)21-15-18-7-3-5-9-22(18)33-26(21)29/h3-15H,1-2H3/b19-13-. The summed E-state index contributed by atoms with van der Waals surface area (Å²) in [6.45, 7) is 0. The van der Waals surface area contributed by atoms with E-state index in [1.165, 1.54) is 26.4 Å². The van der Waals surface area contributed by atoms with Crippen molar-refractivity contribution in [1.29, 1.82) is 5.26 Å². The number of para-hydroxylation sites is 2. The molecule has 0 saturated carbocycles. The Morgan fingerprint density at radius 2 is 1.62 bits per heavy atom. The fourth-order valence-electron chi connectivity index (χ4n) is 3.42. The number of ether oxygens (including phenoxy) is 3. The van der Waals surface area contributed by atoms with Gasteiger partial charge in [-0.15, -0.1) is 0 Å². The van der Waals surface area contributed by atoms with Crippen LogP contribution in [-0.2, 0) is 0 Å².